The van der Waals surface area contributed by atoms with Crippen molar-refractivity contribution in [2.45, 2.75) is 31.6 Å². The minimum absolute atomic E-state index is 0. The molecule has 0 saturated carbocycles. The molecular formula is C12H17ClFN. The van der Waals surface area contributed by atoms with E-state index in [4.69, 9.17) is 5.73 Å². The predicted octanol–water partition coefficient (Wildman–Crippen LogP) is 3.02. The molecule has 1 aromatic rings. The molecule has 0 heterocycles. The average molecular weight is 230 g/mol. The second-order valence-electron chi connectivity index (χ2n) is 4.01. The SMILES string of the molecule is Cl.NCCC1CCCc2ccc(F)cc21. The number of hydrogen-bond acceptors (Lipinski definition) is 1. The molecule has 84 valence electrons. The first-order valence-corrected chi connectivity index (χ1v) is 5.29. The van der Waals surface area contributed by atoms with Crippen LogP contribution in [0.3, 0.4) is 0 Å². The van der Waals surface area contributed by atoms with Gasteiger partial charge in [-0.1, -0.05) is 6.07 Å². The molecule has 0 aliphatic heterocycles. The highest BCUT2D eigenvalue weighted by Gasteiger charge is 2.19. The monoisotopic (exact) mass is 229 g/mol. The van der Waals surface area contributed by atoms with Gasteiger partial charge in [0.25, 0.3) is 0 Å². The van der Waals surface area contributed by atoms with E-state index in [1.54, 1.807) is 12.1 Å². The molecule has 0 aromatic heterocycles. The summed E-state index contributed by atoms with van der Waals surface area (Å²) >= 11 is 0. The fourth-order valence-electron chi connectivity index (χ4n) is 2.37. The molecule has 2 N–H and O–H groups in total. The Labute approximate surface area is 96.3 Å². The normalized spacial score (nSPS) is 19.2. The number of benzene rings is 1. The van der Waals surface area contributed by atoms with E-state index in [1.165, 1.54) is 17.5 Å². The van der Waals surface area contributed by atoms with Gasteiger partial charge < -0.3 is 5.73 Å². The first-order valence-electron chi connectivity index (χ1n) is 5.29. The van der Waals surface area contributed by atoms with E-state index >= 15 is 0 Å². The zero-order chi connectivity index (χ0) is 9.97. The van der Waals surface area contributed by atoms with Crippen molar-refractivity contribution < 1.29 is 4.39 Å². The Kier molecular flexibility index (Phi) is 4.55. The number of halogens is 2. The van der Waals surface area contributed by atoms with Gasteiger partial charge in [0.2, 0.25) is 0 Å². The van der Waals surface area contributed by atoms with Crippen LogP contribution in [0.5, 0.6) is 0 Å². The lowest BCUT2D eigenvalue weighted by Gasteiger charge is -2.25. The molecule has 0 fully saturated rings. The molecule has 0 saturated heterocycles. The molecule has 1 nitrogen and oxygen atoms in total. The zero-order valence-electron chi connectivity index (χ0n) is 8.71. The topological polar surface area (TPSA) is 26.0 Å². The van der Waals surface area contributed by atoms with Gasteiger partial charge in [0.1, 0.15) is 5.82 Å². The number of rotatable bonds is 2. The maximum atomic E-state index is 13.1. The summed E-state index contributed by atoms with van der Waals surface area (Å²) in [4.78, 5) is 0. The summed E-state index contributed by atoms with van der Waals surface area (Å²) < 4.78 is 13.1. The standard InChI is InChI=1S/C12H16FN.ClH/c13-11-5-4-9-2-1-3-10(6-7-14)12(9)8-11;/h4-5,8,10H,1-3,6-7,14H2;1H. The smallest absolute Gasteiger partial charge is 0.123 e. The lowest BCUT2D eigenvalue weighted by atomic mass is 9.81. The number of hydrogen-bond donors (Lipinski definition) is 1. The van der Waals surface area contributed by atoms with Crippen molar-refractivity contribution >= 4 is 12.4 Å². The molecule has 0 bridgehead atoms. The fraction of sp³-hybridized carbons (Fsp3) is 0.500. The van der Waals surface area contributed by atoms with Crippen LogP contribution >= 0.6 is 12.4 Å². The zero-order valence-corrected chi connectivity index (χ0v) is 9.52. The van der Waals surface area contributed by atoms with Crippen LogP contribution in [0.1, 0.15) is 36.3 Å². The third kappa shape index (κ3) is 2.70. The molecular weight excluding hydrogens is 213 g/mol. The molecule has 1 atom stereocenters. The summed E-state index contributed by atoms with van der Waals surface area (Å²) in [6, 6.07) is 5.17. The summed E-state index contributed by atoms with van der Waals surface area (Å²) in [5.74, 6) is 0.368. The van der Waals surface area contributed by atoms with Gasteiger partial charge in [0.15, 0.2) is 0 Å². The molecule has 15 heavy (non-hydrogen) atoms. The van der Waals surface area contributed by atoms with Crippen molar-refractivity contribution in [2.75, 3.05) is 6.54 Å². The number of nitrogens with two attached hydrogens (primary N) is 1. The van der Waals surface area contributed by atoms with Gasteiger partial charge in [0.05, 0.1) is 0 Å². The molecule has 1 aliphatic rings. The number of fused-ring (bicyclic) bond motifs is 1. The highest BCUT2D eigenvalue weighted by Crippen LogP contribution is 2.33. The Balaban J connectivity index is 0.00000112. The first kappa shape index (κ1) is 12.5. The second-order valence-corrected chi connectivity index (χ2v) is 4.01. The van der Waals surface area contributed by atoms with E-state index in [9.17, 15) is 4.39 Å². The van der Waals surface area contributed by atoms with E-state index in [1.807, 2.05) is 6.07 Å². The van der Waals surface area contributed by atoms with Crippen molar-refractivity contribution in [3.63, 3.8) is 0 Å². The van der Waals surface area contributed by atoms with Crippen molar-refractivity contribution in [1.82, 2.24) is 0 Å². The van der Waals surface area contributed by atoms with Crippen molar-refractivity contribution in [3.05, 3.63) is 35.1 Å². The van der Waals surface area contributed by atoms with Crippen molar-refractivity contribution in [2.24, 2.45) is 5.73 Å². The minimum Gasteiger partial charge on any atom is -0.330 e. The Morgan fingerprint density at radius 1 is 1.40 bits per heavy atom. The fourth-order valence-corrected chi connectivity index (χ4v) is 2.37. The van der Waals surface area contributed by atoms with Crippen LogP contribution in [0.2, 0.25) is 0 Å². The third-order valence-electron chi connectivity index (χ3n) is 3.06. The number of aryl methyl sites for hydroxylation is 1. The molecule has 0 spiro atoms. The Morgan fingerprint density at radius 2 is 2.20 bits per heavy atom. The predicted molar refractivity (Wildman–Crippen MR) is 63.0 cm³/mol. The lowest BCUT2D eigenvalue weighted by Crippen LogP contribution is -2.14. The Hall–Kier alpha value is -0.600. The molecule has 1 aromatic carbocycles. The summed E-state index contributed by atoms with van der Waals surface area (Å²) in [6.45, 7) is 0.695. The van der Waals surface area contributed by atoms with Crippen LogP contribution < -0.4 is 5.73 Å². The van der Waals surface area contributed by atoms with Crippen LogP contribution in [0.25, 0.3) is 0 Å². The Morgan fingerprint density at radius 3 is 2.93 bits per heavy atom. The maximum Gasteiger partial charge on any atom is 0.123 e. The van der Waals surface area contributed by atoms with Crippen LogP contribution in [-0.2, 0) is 6.42 Å². The van der Waals surface area contributed by atoms with E-state index in [0.29, 0.717) is 12.5 Å². The molecule has 0 amide bonds. The van der Waals surface area contributed by atoms with Gasteiger partial charge in [-0.25, -0.2) is 4.39 Å². The summed E-state index contributed by atoms with van der Waals surface area (Å²) in [6.07, 6.45) is 4.45. The van der Waals surface area contributed by atoms with Crippen LogP contribution in [0.4, 0.5) is 4.39 Å². The van der Waals surface area contributed by atoms with E-state index < -0.39 is 0 Å². The van der Waals surface area contributed by atoms with Crippen LogP contribution in [0, 0.1) is 5.82 Å². The average Bonchev–Trinajstić information content (AvgIpc) is 2.19. The Bertz CT molecular complexity index is 327. The molecule has 3 heteroatoms. The van der Waals surface area contributed by atoms with Gasteiger partial charge in [0, 0.05) is 0 Å². The van der Waals surface area contributed by atoms with Crippen molar-refractivity contribution in [1.29, 1.82) is 0 Å². The first-order chi connectivity index (χ1) is 6.81. The summed E-state index contributed by atoms with van der Waals surface area (Å²) in [5, 5.41) is 0. The molecule has 0 radical (unpaired) electrons. The lowest BCUT2D eigenvalue weighted by molar-refractivity contribution is 0.519. The van der Waals surface area contributed by atoms with Gasteiger partial charge in [-0.2, -0.15) is 0 Å². The highest BCUT2D eigenvalue weighted by molar-refractivity contribution is 5.85. The van der Waals surface area contributed by atoms with Gasteiger partial charge in [-0.3, -0.25) is 0 Å². The van der Waals surface area contributed by atoms with Crippen LogP contribution in [-0.4, -0.2) is 6.54 Å². The molecule has 2 rings (SSSR count). The molecule has 1 aliphatic carbocycles. The van der Waals surface area contributed by atoms with E-state index in [2.05, 4.69) is 0 Å². The maximum absolute atomic E-state index is 13.1. The quantitative estimate of drug-likeness (QED) is 0.829. The minimum atomic E-state index is -0.118. The van der Waals surface area contributed by atoms with Gasteiger partial charge in [-0.05, 0) is 61.4 Å². The van der Waals surface area contributed by atoms with E-state index in [-0.39, 0.29) is 18.2 Å². The van der Waals surface area contributed by atoms with Crippen LogP contribution in [0.15, 0.2) is 18.2 Å². The largest absolute Gasteiger partial charge is 0.330 e. The summed E-state index contributed by atoms with van der Waals surface area (Å²) in [5.41, 5.74) is 8.07. The van der Waals surface area contributed by atoms with Gasteiger partial charge >= 0.3 is 0 Å². The second kappa shape index (κ2) is 5.47. The van der Waals surface area contributed by atoms with Gasteiger partial charge in [-0.15, -0.1) is 12.4 Å². The highest BCUT2D eigenvalue weighted by atomic mass is 35.5. The van der Waals surface area contributed by atoms with Crippen molar-refractivity contribution in [3.8, 4) is 0 Å². The molecule has 1 unspecified atom stereocenters. The van der Waals surface area contributed by atoms with E-state index in [0.717, 1.165) is 19.3 Å². The summed E-state index contributed by atoms with van der Waals surface area (Å²) in [7, 11) is 0. The third-order valence-corrected chi connectivity index (χ3v) is 3.06.